The number of carbonyl (C=O) groups is 1. The molecule has 0 saturated heterocycles. The van der Waals surface area contributed by atoms with Gasteiger partial charge < -0.3 is 9.47 Å². The van der Waals surface area contributed by atoms with Crippen molar-refractivity contribution >= 4 is 11.5 Å². The van der Waals surface area contributed by atoms with Crippen LogP contribution in [0.4, 0.5) is 0 Å². The number of carbonyl (C=O) groups excluding carboxylic acids is 1. The first-order valence-corrected chi connectivity index (χ1v) is 9.89. The van der Waals surface area contributed by atoms with E-state index in [4.69, 9.17) is 14.6 Å². The highest BCUT2D eigenvalue weighted by Crippen LogP contribution is 2.45. The van der Waals surface area contributed by atoms with Gasteiger partial charge in [0, 0.05) is 23.3 Å². The van der Waals surface area contributed by atoms with Crippen molar-refractivity contribution < 1.29 is 14.3 Å². The summed E-state index contributed by atoms with van der Waals surface area (Å²) in [5.74, 6) is 1.99. The summed E-state index contributed by atoms with van der Waals surface area (Å²) in [6.45, 7) is 3.53. The molecular weight excluding hydrogens is 364 g/mol. The molecular formula is C24H26N2O3. The molecule has 1 heterocycles. The Balaban J connectivity index is 1.79. The van der Waals surface area contributed by atoms with Crippen molar-refractivity contribution in [1.82, 2.24) is 5.01 Å². The maximum atomic E-state index is 11.7. The molecule has 0 bridgehead atoms. The van der Waals surface area contributed by atoms with E-state index in [0.717, 1.165) is 35.7 Å². The minimum Gasteiger partial charge on any atom is -0.497 e. The number of nitrogens with zero attached hydrogens (tertiary/aromatic N) is 2. The van der Waals surface area contributed by atoms with Crippen molar-refractivity contribution in [1.29, 1.82) is 0 Å². The van der Waals surface area contributed by atoms with Gasteiger partial charge in [0.2, 0.25) is 0 Å². The minimum absolute atomic E-state index is 0.0242. The van der Waals surface area contributed by atoms with Gasteiger partial charge in [-0.1, -0.05) is 12.1 Å². The zero-order chi connectivity index (χ0) is 20.5. The van der Waals surface area contributed by atoms with Crippen molar-refractivity contribution in [2.24, 2.45) is 11.0 Å². The van der Waals surface area contributed by atoms with Crippen molar-refractivity contribution in [3.8, 4) is 11.5 Å². The van der Waals surface area contributed by atoms with E-state index in [-0.39, 0.29) is 17.7 Å². The van der Waals surface area contributed by atoms with Gasteiger partial charge in [0.15, 0.2) is 5.78 Å². The van der Waals surface area contributed by atoms with Crippen LogP contribution in [0.15, 0.2) is 59.3 Å². The Bertz CT molecular complexity index is 992. The molecule has 1 aliphatic heterocycles. The molecule has 0 aromatic heterocycles. The maximum Gasteiger partial charge on any atom is 0.154 e. The van der Waals surface area contributed by atoms with Gasteiger partial charge in [-0.25, -0.2) is 0 Å². The van der Waals surface area contributed by atoms with Crippen LogP contribution in [0, 0.1) is 5.92 Å². The van der Waals surface area contributed by atoms with E-state index in [1.807, 2.05) is 30.1 Å². The lowest BCUT2D eigenvalue weighted by Crippen LogP contribution is -2.28. The summed E-state index contributed by atoms with van der Waals surface area (Å²) in [4.78, 5) is 11.7. The Morgan fingerprint density at radius 3 is 2.41 bits per heavy atom. The second-order valence-electron chi connectivity index (χ2n) is 7.61. The molecule has 29 heavy (non-hydrogen) atoms. The highest BCUT2D eigenvalue weighted by molar-refractivity contribution is 6.06. The summed E-state index contributed by atoms with van der Waals surface area (Å²) in [6.07, 6.45) is 3.64. The molecule has 0 amide bonds. The van der Waals surface area contributed by atoms with Gasteiger partial charge >= 0.3 is 0 Å². The van der Waals surface area contributed by atoms with Crippen LogP contribution in [-0.4, -0.2) is 30.7 Å². The fourth-order valence-corrected chi connectivity index (χ4v) is 4.42. The van der Waals surface area contributed by atoms with E-state index in [1.54, 1.807) is 27.2 Å². The van der Waals surface area contributed by atoms with Crippen LogP contribution in [0.3, 0.4) is 0 Å². The Kier molecular flexibility index (Phi) is 5.14. The Morgan fingerprint density at radius 1 is 1.07 bits per heavy atom. The Hall–Kier alpha value is -3.08. The molecule has 0 unspecified atom stereocenters. The molecule has 2 aromatic carbocycles. The van der Waals surface area contributed by atoms with E-state index in [2.05, 4.69) is 24.3 Å². The predicted molar refractivity (Wildman–Crippen MR) is 113 cm³/mol. The van der Waals surface area contributed by atoms with E-state index in [1.165, 1.54) is 16.7 Å². The number of hydrogen-bond donors (Lipinski definition) is 0. The van der Waals surface area contributed by atoms with Gasteiger partial charge in [0.1, 0.15) is 11.5 Å². The van der Waals surface area contributed by atoms with E-state index >= 15 is 0 Å². The van der Waals surface area contributed by atoms with E-state index in [9.17, 15) is 4.79 Å². The van der Waals surface area contributed by atoms with Gasteiger partial charge in [-0.3, -0.25) is 9.80 Å². The first-order valence-electron chi connectivity index (χ1n) is 9.89. The summed E-state index contributed by atoms with van der Waals surface area (Å²) in [7, 11) is 3.36. The largest absolute Gasteiger partial charge is 0.497 e. The molecule has 0 spiro atoms. The number of allylic oxidation sites excluding steroid dienone is 2. The molecule has 2 aromatic rings. The maximum absolute atomic E-state index is 11.7. The quantitative estimate of drug-likeness (QED) is 0.705. The van der Waals surface area contributed by atoms with Crippen LogP contribution in [-0.2, 0) is 11.2 Å². The lowest BCUT2D eigenvalue weighted by molar-refractivity contribution is -0.112. The van der Waals surface area contributed by atoms with Crippen molar-refractivity contribution in [2.45, 2.75) is 32.7 Å². The van der Waals surface area contributed by atoms with E-state index < -0.39 is 0 Å². The number of ketones is 1. The van der Waals surface area contributed by atoms with Gasteiger partial charge in [0.25, 0.3) is 0 Å². The molecule has 150 valence electrons. The fraction of sp³-hybridized carbons (Fsp3) is 0.333. The second kappa shape index (κ2) is 7.74. The third-order valence-electron chi connectivity index (χ3n) is 5.76. The molecule has 4 rings (SSSR count). The summed E-state index contributed by atoms with van der Waals surface area (Å²) >= 11 is 0. The van der Waals surface area contributed by atoms with Gasteiger partial charge in [-0.15, -0.1) is 0 Å². The molecule has 0 fully saturated rings. The van der Waals surface area contributed by atoms with Crippen LogP contribution in [0.2, 0.25) is 0 Å². The molecule has 0 N–H and O–H groups in total. The molecule has 5 heteroatoms. The normalized spacial score (nSPS) is 20.6. The summed E-state index contributed by atoms with van der Waals surface area (Å²) in [5.41, 5.74) is 5.56. The number of benzene rings is 2. The highest BCUT2D eigenvalue weighted by atomic mass is 16.5. The number of methoxy groups -OCH3 is 2. The molecule has 2 atom stereocenters. The Labute approximate surface area is 171 Å². The second-order valence-corrected chi connectivity index (χ2v) is 7.61. The average Bonchev–Trinajstić information content (AvgIpc) is 3.13. The first-order chi connectivity index (χ1) is 14.0. The average molecular weight is 390 g/mol. The highest BCUT2D eigenvalue weighted by Gasteiger charge is 2.42. The van der Waals surface area contributed by atoms with Crippen LogP contribution < -0.4 is 9.47 Å². The molecule has 0 radical (unpaired) electrons. The van der Waals surface area contributed by atoms with Crippen LogP contribution in [0.25, 0.3) is 0 Å². The number of fused-ring (bicyclic) bond motifs is 3. The Morgan fingerprint density at radius 2 is 1.76 bits per heavy atom. The molecule has 0 saturated carbocycles. The fourth-order valence-electron chi connectivity index (χ4n) is 4.42. The standard InChI is InChI=1S/C24H26N2O3/c1-15(13-16(2)27)26-24(17-5-8-19(28-3)9-6-17)22-11-7-18-14-20(29-4)10-12-21(18)23(22)25-26/h5-6,8-10,12-14,22,24H,7,11H2,1-4H3/b15-13+/t22-,24-/m1/s1. The third kappa shape index (κ3) is 3.53. The number of hydrogen-bond acceptors (Lipinski definition) is 5. The third-order valence-corrected chi connectivity index (χ3v) is 5.76. The van der Waals surface area contributed by atoms with Crippen LogP contribution in [0.1, 0.15) is 43.0 Å². The number of aryl methyl sites for hydroxylation is 1. The van der Waals surface area contributed by atoms with Crippen molar-refractivity contribution in [3.63, 3.8) is 0 Å². The smallest absolute Gasteiger partial charge is 0.154 e. The number of ether oxygens (including phenoxy) is 2. The van der Waals surface area contributed by atoms with Crippen molar-refractivity contribution in [3.05, 3.63) is 70.9 Å². The molecule has 5 nitrogen and oxygen atoms in total. The van der Waals surface area contributed by atoms with Crippen LogP contribution in [0.5, 0.6) is 11.5 Å². The predicted octanol–water partition coefficient (Wildman–Crippen LogP) is 4.52. The minimum atomic E-state index is 0.0242. The topological polar surface area (TPSA) is 51.1 Å². The van der Waals surface area contributed by atoms with Gasteiger partial charge in [-0.05, 0) is 68.1 Å². The van der Waals surface area contributed by atoms with Gasteiger partial charge in [0.05, 0.1) is 26.0 Å². The molecule has 2 aliphatic rings. The lowest BCUT2D eigenvalue weighted by Gasteiger charge is -2.31. The SMILES string of the molecule is COc1ccc([C@@H]2[C@@H]3CCc4cc(OC)ccc4C3=NN2/C(C)=C/C(C)=O)cc1. The van der Waals surface area contributed by atoms with E-state index in [0.29, 0.717) is 0 Å². The monoisotopic (exact) mass is 390 g/mol. The number of hydrazone groups is 1. The summed E-state index contributed by atoms with van der Waals surface area (Å²) in [6, 6.07) is 14.4. The zero-order valence-electron chi connectivity index (χ0n) is 17.3. The van der Waals surface area contributed by atoms with Crippen LogP contribution >= 0.6 is 0 Å². The summed E-state index contributed by atoms with van der Waals surface area (Å²) < 4.78 is 10.7. The first kappa shape index (κ1) is 19.2. The van der Waals surface area contributed by atoms with Gasteiger partial charge in [-0.2, -0.15) is 5.10 Å². The molecule has 1 aliphatic carbocycles. The number of rotatable bonds is 5. The van der Waals surface area contributed by atoms with Crippen molar-refractivity contribution in [2.75, 3.05) is 14.2 Å². The lowest BCUT2D eigenvalue weighted by atomic mass is 9.77. The zero-order valence-corrected chi connectivity index (χ0v) is 17.3. The summed E-state index contributed by atoms with van der Waals surface area (Å²) in [5, 5.41) is 7.03.